The van der Waals surface area contributed by atoms with Gasteiger partial charge in [-0.25, -0.2) is 0 Å². The molecule has 11 heteroatoms. The van der Waals surface area contributed by atoms with Gasteiger partial charge in [-0.2, -0.15) is 5.10 Å². The first kappa shape index (κ1) is 25.1. The second-order valence-electron chi connectivity index (χ2n) is 7.19. The minimum Gasteiger partial charge on any atom is -0.506 e. The number of halogens is 2. The quantitative estimate of drug-likeness (QED) is 0.187. The van der Waals surface area contributed by atoms with Crippen molar-refractivity contribution < 1.29 is 24.2 Å². The molecule has 1 aliphatic heterocycles. The molecule has 2 N–H and O–H groups in total. The maximum Gasteiger partial charge on any atom is 0.267 e. The fraction of sp³-hybridized carbons (Fsp3) is 0.125. The zero-order valence-electron chi connectivity index (χ0n) is 18.3. The Labute approximate surface area is 222 Å². The SMILES string of the molecule is CCOc1cc(/C=N\N=C2\S/C(=C\c3cc(Br)cc(Br)c3O)C(=O)N2Cc2ccco2)ccc1O. The molecule has 35 heavy (non-hydrogen) atoms. The van der Waals surface area contributed by atoms with Gasteiger partial charge in [-0.15, -0.1) is 5.10 Å². The number of hydrogen-bond acceptors (Lipinski definition) is 8. The number of ether oxygens (including phenoxy) is 1. The number of thioether (sulfide) groups is 1. The van der Waals surface area contributed by atoms with Gasteiger partial charge in [0.25, 0.3) is 5.91 Å². The molecule has 180 valence electrons. The van der Waals surface area contributed by atoms with E-state index in [2.05, 4.69) is 42.1 Å². The van der Waals surface area contributed by atoms with Crippen LogP contribution in [0.25, 0.3) is 6.08 Å². The predicted molar refractivity (Wildman–Crippen MR) is 143 cm³/mol. The highest BCUT2D eigenvalue weighted by Gasteiger charge is 2.34. The van der Waals surface area contributed by atoms with Gasteiger partial charge in [-0.3, -0.25) is 9.69 Å². The maximum atomic E-state index is 13.2. The lowest BCUT2D eigenvalue weighted by Crippen LogP contribution is -2.28. The van der Waals surface area contributed by atoms with E-state index in [4.69, 9.17) is 9.15 Å². The Morgan fingerprint density at radius 1 is 1.20 bits per heavy atom. The summed E-state index contributed by atoms with van der Waals surface area (Å²) in [7, 11) is 0. The second-order valence-corrected chi connectivity index (χ2v) is 9.97. The van der Waals surface area contributed by atoms with Gasteiger partial charge in [-0.1, -0.05) is 15.9 Å². The number of aromatic hydroxyl groups is 2. The van der Waals surface area contributed by atoms with Crippen LogP contribution in [0.2, 0.25) is 0 Å². The van der Waals surface area contributed by atoms with Crippen molar-refractivity contribution >= 4 is 67.0 Å². The zero-order valence-corrected chi connectivity index (χ0v) is 22.3. The molecule has 0 unspecified atom stereocenters. The van der Waals surface area contributed by atoms with Crippen molar-refractivity contribution in [2.75, 3.05) is 6.61 Å². The molecule has 1 amide bonds. The van der Waals surface area contributed by atoms with E-state index in [1.165, 1.54) is 23.4 Å². The first-order chi connectivity index (χ1) is 16.9. The van der Waals surface area contributed by atoms with Gasteiger partial charge < -0.3 is 19.4 Å². The Morgan fingerprint density at radius 2 is 2.03 bits per heavy atom. The molecule has 8 nitrogen and oxygen atoms in total. The molecule has 3 aromatic rings. The first-order valence-corrected chi connectivity index (χ1v) is 12.7. The van der Waals surface area contributed by atoms with Crippen LogP contribution in [0.15, 0.2) is 77.2 Å². The Kier molecular flexibility index (Phi) is 7.99. The fourth-order valence-electron chi connectivity index (χ4n) is 3.14. The molecule has 2 heterocycles. The van der Waals surface area contributed by atoms with E-state index in [1.807, 2.05) is 6.92 Å². The van der Waals surface area contributed by atoms with Crippen LogP contribution >= 0.6 is 43.6 Å². The highest BCUT2D eigenvalue weighted by atomic mass is 79.9. The van der Waals surface area contributed by atoms with E-state index in [-0.39, 0.29) is 24.0 Å². The summed E-state index contributed by atoms with van der Waals surface area (Å²) in [5.74, 6) is 0.699. The Balaban J connectivity index is 1.65. The van der Waals surface area contributed by atoms with E-state index >= 15 is 0 Å². The molecule has 0 radical (unpaired) electrons. The van der Waals surface area contributed by atoms with Gasteiger partial charge in [-0.05, 0) is 88.7 Å². The zero-order chi connectivity index (χ0) is 24.9. The monoisotopic (exact) mass is 619 g/mol. The van der Waals surface area contributed by atoms with Gasteiger partial charge in [0.05, 0.1) is 35.0 Å². The molecule has 0 saturated carbocycles. The molecule has 1 saturated heterocycles. The summed E-state index contributed by atoms with van der Waals surface area (Å²) < 4.78 is 12.1. The number of benzene rings is 2. The van der Waals surface area contributed by atoms with Crippen LogP contribution in [0.3, 0.4) is 0 Å². The fourth-order valence-corrected chi connectivity index (χ4v) is 5.33. The molecular formula is C24H19Br2N3O5S. The number of amides is 1. The number of amidine groups is 1. The molecular weight excluding hydrogens is 602 g/mol. The summed E-state index contributed by atoms with van der Waals surface area (Å²) in [4.78, 5) is 15.1. The molecule has 0 bridgehead atoms. The van der Waals surface area contributed by atoms with Crippen LogP contribution in [0.4, 0.5) is 0 Å². The van der Waals surface area contributed by atoms with E-state index in [9.17, 15) is 15.0 Å². The molecule has 2 aromatic carbocycles. The number of carbonyl (C=O) groups excluding carboxylic acids is 1. The van der Waals surface area contributed by atoms with Crippen molar-refractivity contribution in [2.24, 2.45) is 10.2 Å². The van der Waals surface area contributed by atoms with Gasteiger partial charge in [0.15, 0.2) is 16.7 Å². The lowest BCUT2D eigenvalue weighted by molar-refractivity contribution is -0.122. The molecule has 0 spiro atoms. The van der Waals surface area contributed by atoms with Gasteiger partial charge in [0, 0.05) is 10.0 Å². The largest absolute Gasteiger partial charge is 0.506 e. The van der Waals surface area contributed by atoms with Crippen LogP contribution < -0.4 is 4.74 Å². The normalized spacial score (nSPS) is 16.2. The van der Waals surface area contributed by atoms with Crippen molar-refractivity contribution in [1.82, 2.24) is 4.90 Å². The van der Waals surface area contributed by atoms with Gasteiger partial charge in [0.1, 0.15) is 11.5 Å². The number of furan rings is 1. The molecule has 1 fully saturated rings. The summed E-state index contributed by atoms with van der Waals surface area (Å²) in [6.45, 7) is 2.41. The van der Waals surface area contributed by atoms with Crippen LogP contribution in [0.5, 0.6) is 17.2 Å². The molecule has 1 aliphatic rings. The van der Waals surface area contributed by atoms with Crippen LogP contribution in [0.1, 0.15) is 23.8 Å². The van der Waals surface area contributed by atoms with Gasteiger partial charge >= 0.3 is 0 Å². The average molecular weight is 621 g/mol. The number of phenols is 2. The van der Waals surface area contributed by atoms with E-state index in [0.29, 0.717) is 43.8 Å². The Bertz CT molecular complexity index is 1340. The second kappa shape index (κ2) is 11.1. The first-order valence-electron chi connectivity index (χ1n) is 10.3. The van der Waals surface area contributed by atoms with E-state index in [0.717, 1.165) is 16.2 Å². The minimum absolute atomic E-state index is 0.0209. The third-order valence-corrected chi connectivity index (χ3v) is 6.82. The van der Waals surface area contributed by atoms with Crippen molar-refractivity contribution in [1.29, 1.82) is 0 Å². The molecule has 0 atom stereocenters. The summed E-state index contributed by atoms with van der Waals surface area (Å²) in [6.07, 6.45) is 4.64. The minimum atomic E-state index is -0.292. The van der Waals surface area contributed by atoms with E-state index in [1.54, 1.807) is 42.5 Å². The van der Waals surface area contributed by atoms with Crippen LogP contribution in [-0.4, -0.2) is 39.0 Å². The van der Waals surface area contributed by atoms with Crippen molar-refractivity contribution in [2.45, 2.75) is 13.5 Å². The number of rotatable bonds is 7. The predicted octanol–water partition coefficient (Wildman–Crippen LogP) is 6.12. The topological polar surface area (TPSA) is 108 Å². The highest BCUT2D eigenvalue weighted by molar-refractivity contribution is 9.11. The van der Waals surface area contributed by atoms with Crippen molar-refractivity contribution in [3.63, 3.8) is 0 Å². The summed E-state index contributed by atoms with van der Waals surface area (Å²) in [5.41, 5.74) is 1.14. The van der Waals surface area contributed by atoms with Gasteiger partial charge in [0.2, 0.25) is 0 Å². The van der Waals surface area contributed by atoms with Crippen LogP contribution in [-0.2, 0) is 11.3 Å². The molecule has 1 aromatic heterocycles. The highest BCUT2D eigenvalue weighted by Crippen LogP contribution is 2.38. The third-order valence-electron chi connectivity index (χ3n) is 4.76. The number of hydrogen-bond donors (Lipinski definition) is 2. The molecule has 4 rings (SSSR count). The summed E-state index contributed by atoms with van der Waals surface area (Å²) >= 11 is 7.85. The average Bonchev–Trinajstić information content (AvgIpc) is 3.44. The molecule has 0 aliphatic carbocycles. The van der Waals surface area contributed by atoms with Crippen LogP contribution in [0, 0.1) is 0 Å². The number of phenolic OH excluding ortho intramolecular Hbond substituents is 2. The lowest BCUT2D eigenvalue weighted by atomic mass is 10.2. The Morgan fingerprint density at radius 3 is 2.77 bits per heavy atom. The number of carbonyl (C=O) groups is 1. The van der Waals surface area contributed by atoms with E-state index < -0.39 is 0 Å². The van der Waals surface area contributed by atoms with Crippen molar-refractivity contribution in [3.05, 3.63) is 79.5 Å². The lowest BCUT2D eigenvalue weighted by Gasteiger charge is -2.12. The number of nitrogens with zero attached hydrogens (tertiary/aromatic N) is 3. The van der Waals surface area contributed by atoms with Crippen molar-refractivity contribution in [3.8, 4) is 17.2 Å². The maximum absolute atomic E-state index is 13.2. The summed E-state index contributed by atoms with van der Waals surface area (Å²) in [5, 5.41) is 29.0. The standard InChI is InChI=1S/C24H19Br2N3O5S/c1-2-33-20-8-14(5-6-19(20)30)12-27-28-24-29(13-17-4-3-7-34-17)23(32)21(35-24)10-15-9-16(25)11-18(26)22(15)31/h3-12,30-31H,2,13H2,1H3/b21-10-,27-12-,28-24+. The summed E-state index contributed by atoms with van der Waals surface area (Å²) in [6, 6.07) is 11.8. The third kappa shape index (κ3) is 5.98. The smallest absolute Gasteiger partial charge is 0.267 e. The Hall–Kier alpha value is -3.02.